The van der Waals surface area contributed by atoms with Gasteiger partial charge in [0.15, 0.2) is 5.79 Å². The molecule has 3 rings (SSSR count). The third kappa shape index (κ3) is 6.46. The highest BCUT2D eigenvalue weighted by molar-refractivity contribution is 8.14. The van der Waals surface area contributed by atoms with Gasteiger partial charge in [-0.05, 0) is 38.5 Å². The van der Waals surface area contributed by atoms with Crippen molar-refractivity contribution in [1.29, 1.82) is 0 Å². The minimum atomic E-state index is -1.53. The first-order valence-corrected chi connectivity index (χ1v) is 11.4. The lowest BCUT2D eigenvalue weighted by Gasteiger charge is -2.43. The van der Waals surface area contributed by atoms with E-state index in [-0.39, 0.29) is 23.7 Å². The zero-order chi connectivity index (χ0) is 20.9. The summed E-state index contributed by atoms with van der Waals surface area (Å²) in [4.78, 5) is 24.0. The van der Waals surface area contributed by atoms with E-state index < -0.39 is 17.9 Å². The molecule has 6 nitrogen and oxygen atoms in total. The Morgan fingerprint density at radius 3 is 2.83 bits per heavy atom. The topological polar surface area (TPSA) is 84.9 Å². The molecule has 3 aliphatic heterocycles. The number of thioether (sulfide) groups is 1. The maximum absolute atomic E-state index is 12.4. The third-order valence-electron chi connectivity index (χ3n) is 5.62. The minimum absolute atomic E-state index is 0.159. The third-order valence-corrected chi connectivity index (χ3v) is 6.50. The quantitative estimate of drug-likeness (QED) is 0.626. The van der Waals surface area contributed by atoms with Gasteiger partial charge in [-0.2, -0.15) is 0 Å². The molecule has 2 fully saturated rings. The highest BCUT2D eigenvalue weighted by Crippen LogP contribution is 2.36. The number of carbonyl (C=O) groups is 2. The predicted molar refractivity (Wildman–Crippen MR) is 113 cm³/mol. The number of ether oxygens (including phenoxy) is 2. The van der Waals surface area contributed by atoms with Gasteiger partial charge in [-0.3, -0.25) is 4.79 Å². The number of allylic oxidation sites excluding steroid dienone is 5. The first kappa shape index (κ1) is 22.1. The van der Waals surface area contributed by atoms with E-state index in [1.807, 2.05) is 13.0 Å². The van der Waals surface area contributed by atoms with Crippen LogP contribution in [0, 0.1) is 5.92 Å². The van der Waals surface area contributed by atoms with Gasteiger partial charge in [0.05, 0.1) is 12.1 Å². The van der Waals surface area contributed by atoms with Gasteiger partial charge >= 0.3 is 5.97 Å². The van der Waals surface area contributed by atoms with E-state index >= 15 is 0 Å². The summed E-state index contributed by atoms with van der Waals surface area (Å²) in [5.74, 6) is -1.10. The molecule has 5 atom stereocenters. The summed E-state index contributed by atoms with van der Waals surface area (Å²) in [5.41, 5.74) is 0.961. The molecule has 2 N–H and O–H groups in total. The Morgan fingerprint density at radius 1 is 1.24 bits per heavy atom. The van der Waals surface area contributed by atoms with Crippen LogP contribution in [0.4, 0.5) is 4.79 Å². The molecule has 0 radical (unpaired) electrons. The van der Waals surface area contributed by atoms with Crippen LogP contribution in [0.5, 0.6) is 0 Å². The number of amides is 1. The Balaban J connectivity index is 1.78. The number of fused-ring (bicyclic) bond motifs is 2. The number of nitrogens with one attached hydrogen (secondary N) is 1. The molecule has 2 bridgehead atoms. The zero-order valence-corrected chi connectivity index (χ0v) is 18.0. The molecular formula is C22H31NO5S. The number of aliphatic hydroxyl groups is 1. The summed E-state index contributed by atoms with van der Waals surface area (Å²) >= 11 is 1.14. The van der Waals surface area contributed by atoms with Crippen LogP contribution >= 0.6 is 11.8 Å². The maximum Gasteiger partial charge on any atom is 0.330 e. The van der Waals surface area contributed by atoms with E-state index in [1.165, 1.54) is 6.08 Å². The molecule has 0 aromatic carbocycles. The predicted octanol–water partition coefficient (Wildman–Crippen LogP) is 3.86. The van der Waals surface area contributed by atoms with Gasteiger partial charge in [-0.1, -0.05) is 48.6 Å². The number of esters is 1. The van der Waals surface area contributed by atoms with E-state index in [0.717, 1.165) is 43.0 Å². The lowest BCUT2D eigenvalue weighted by molar-refractivity contribution is -0.283. The first-order valence-electron chi connectivity index (χ1n) is 10.4. The zero-order valence-electron chi connectivity index (χ0n) is 17.1. The molecule has 0 aromatic rings. The fourth-order valence-corrected chi connectivity index (χ4v) is 4.85. The fraction of sp³-hybridized carbons (Fsp3) is 0.636. The minimum Gasteiger partial charge on any atom is -0.459 e. The van der Waals surface area contributed by atoms with Crippen LogP contribution in [0.2, 0.25) is 0 Å². The lowest BCUT2D eigenvalue weighted by atomic mass is 9.90. The van der Waals surface area contributed by atoms with Gasteiger partial charge in [0, 0.05) is 24.7 Å². The SMILES string of the molecule is C/C1=C\C(=O)O[C@@H]2C[C@@H](CC[C@H](C)/C=C/C=C/CC1)O[C@@](O)([C@@H]1CSC(=O)N1)C2. The van der Waals surface area contributed by atoms with Crippen LogP contribution in [0.25, 0.3) is 0 Å². The molecule has 2 saturated heterocycles. The highest BCUT2D eigenvalue weighted by Gasteiger charge is 2.49. The highest BCUT2D eigenvalue weighted by atomic mass is 32.2. The van der Waals surface area contributed by atoms with Crippen LogP contribution in [0.15, 0.2) is 36.0 Å². The Labute approximate surface area is 176 Å². The van der Waals surface area contributed by atoms with Crippen LogP contribution in [-0.4, -0.2) is 46.1 Å². The van der Waals surface area contributed by atoms with Crippen molar-refractivity contribution >= 4 is 23.0 Å². The van der Waals surface area contributed by atoms with Gasteiger partial charge in [0.25, 0.3) is 5.24 Å². The van der Waals surface area contributed by atoms with Crippen molar-refractivity contribution in [2.75, 3.05) is 5.75 Å². The molecule has 3 aliphatic rings. The van der Waals surface area contributed by atoms with E-state index in [9.17, 15) is 14.7 Å². The van der Waals surface area contributed by atoms with Crippen molar-refractivity contribution < 1.29 is 24.2 Å². The van der Waals surface area contributed by atoms with E-state index in [0.29, 0.717) is 18.1 Å². The number of hydrogen-bond acceptors (Lipinski definition) is 6. The molecular weight excluding hydrogens is 390 g/mol. The molecule has 160 valence electrons. The number of rotatable bonds is 1. The fourth-order valence-electron chi connectivity index (χ4n) is 3.96. The monoisotopic (exact) mass is 421 g/mol. The summed E-state index contributed by atoms with van der Waals surface area (Å²) in [5, 5.41) is 13.8. The lowest BCUT2D eigenvalue weighted by Crippen LogP contribution is -2.58. The van der Waals surface area contributed by atoms with Gasteiger partial charge in [0.2, 0.25) is 0 Å². The summed E-state index contributed by atoms with van der Waals surface area (Å²) in [7, 11) is 0. The van der Waals surface area contributed by atoms with Crippen molar-refractivity contribution in [2.45, 2.75) is 76.4 Å². The maximum atomic E-state index is 12.4. The molecule has 0 aliphatic carbocycles. The second kappa shape index (κ2) is 9.96. The van der Waals surface area contributed by atoms with E-state index in [4.69, 9.17) is 9.47 Å². The average molecular weight is 422 g/mol. The largest absolute Gasteiger partial charge is 0.459 e. The van der Waals surface area contributed by atoms with Crippen LogP contribution in [-0.2, 0) is 14.3 Å². The Bertz CT molecular complexity index is 703. The van der Waals surface area contributed by atoms with Crippen molar-refractivity contribution in [1.82, 2.24) is 5.32 Å². The molecule has 0 aromatic heterocycles. The first-order chi connectivity index (χ1) is 13.8. The van der Waals surface area contributed by atoms with Crippen molar-refractivity contribution in [2.24, 2.45) is 5.92 Å². The summed E-state index contributed by atoms with van der Waals surface area (Å²) in [6.07, 6.45) is 13.2. The van der Waals surface area contributed by atoms with E-state index in [1.54, 1.807) is 0 Å². The molecule has 7 heteroatoms. The Hall–Kier alpha value is -1.57. The second-order valence-electron chi connectivity index (χ2n) is 8.28. The van der Waals surface area contributed by atoms with Crippen molar-refractivity contribution in [3.63, 3.8) is 0 Å². The molecule has 29 heavy (non-hydrogen) atoms. The molecule has 0 saturated carbocycles. The van der Waals surface area contributed by atoms with Gasteiger partial charge in [0.1, 0.15) is 6.10 Å². The second-order valence-corrected chi connectivity index (χ2v) is 9.27. The standard InChI is InChI=1S/C22H31NO5S/c1-15-7-5-3-4-6-8-16(2)11-20(24)27-18-12-17(10-9-15)28-22(26,13-18)19-14-29-21(25)23-19/h3-5,7,11,15,17-19,26H,6,8-10,12-14H2,1-2H3,(H,23,25)/b4-3+,7-5+,16-11+/t15-,17-,18-,19+,22-/m1/s1. The van der Waals surface area contributed by atoms with Crippen molar-refractivity contribution in [3.8, 4) is 0 Å². The summed E-state index contributed by atoms with van der Waals surface area (Å²) in [6, 6.07) is -0.505. The summed E-state index contributed by atoms with van der Waals surface area (Å²) < 4.78 is 11.8. The molecule has 0 spiro atoms. The number of hydrogen-bond donors (Lipinski definition) is 2. The number of carbonyl (C=O) groups excluding carboxylic acids is 2. The smallest absolute Gasteiger partial charge is 0.330 e. The molecule has 0 unspecified atom stereocenters. The molecule has 3 heterocycles. The van der Waals surface area contributed by atoms with Crippen LogP contribution in [0.1, 0.15) is 52.4 Å². The van der Waals surface area contributed by atoms with Crippen LogP contribution < -0.4 is 5.32 Å². The van der Waals surface area contributed by atoms with Gasteiger partial charge in [-0.25, -0.2) is 4.79 Å². The Morgan fingerprint density at radius 2 is 2.07 bits per heavy atom. The molecule has 1 amide bonds. The van der Waals surface area contributed by atoms with E-state index in [2.05, 4.69) is 30.5 Å². The summed E-state index contributed by atoms with van der Waals surface area (Å²) in [6.45, 7) is 4.07. The van der Waals surface area contributed by atoms with Crippen molar-refractivity contribution in [3.05, 3.63) is 36.0 Å². The Kier molecular flexibility index (Phi) is 7.60. The van der Waals surface area contributed by atoms with Gasteiger partial charge < -0.3 is 19.9 Å². The van der Waals surface area contributed by atoms with Gasteiger partial charge in [-0.15, -0.1) is 0 Å². The normalized spacial score (nSPS) is 41.0. The van der Waals surface area contributed by atoms with Crippen LogP contribution in [0.3, 0.4) is 0 Å². The average Bonchev–Trinajstić information content (AvgIpc) is 3.09.